The summed E-state index contributed by atoms with van der Waals surface area (Å²) < 4.78 is 7.45. The second-order valence-corrected chi connectivity index (χ2v) is 6.59. The third-order valence-electron chi connectivity index (χ3n) is 4.36. The number of nitrogens with two attached hydrogens (primary N) is 1. The van der Waals surface area contributed by atoms with Gasteiger partial charge in [0.1, 0.15) is 5.75 Å². The standard InChI is InChI=1S/C21H24N2O2/c1-15(2)17-5-4-16-10-12-23(21(24)20(16)14-17)11-3-13-25-19-8-6-18(22)7-9-19/h4-10,12,14-15H,3,11,13,22H2,1-2H3. The van der Waals surface area contributed by atoms with E-state index in [1.807, 2.05) is 48.7 Å². The van der Waals surface area contributed by atoms with Gasteiger partial charge in [-0.3, -0.25) is 4.79 Å². The largest absolute Gasteiger partial charge is 0.494 e. The third kappa shape index (κ3) is 4.02. The number of aryl methyl sites for hydroxylation is 1. The van der Waals surface area contributed by atoms with Crippen LogP contribution in [0.3, 0.4) is 0 Å². The van der Waals surface area contributed by atoms with Crippen molar-refractivity contribution in [3.63, 3.8) is 0 Å². The summed E-state index contributed by atoms with van der Waals surface area (Å²) in [5, 5.41) is 1.77. The molecule has 3 aromatic rings. The molecule has 0 aliphatic carbocycles. The van der Waals surface area contributed by atoms with E-state index in [0.717, 1.165) is 28.6 Å². The van der Waals surface area contributed by atoms with Gasteiger partial charge < -0.3 is 15.0 Å². The molecule has 2 N–H and O–H groups in total. The van der Waals surface area contributed by atoms with E-state index in [0.29, 0.717) is 19.1 Å². The predicted molar refractivity (Wildman–Crippen MR) is 103 cm³/mol. The van der Waals surface area contributed by atoms with Crippen LogP contribution in [0.4, 0.5) is 5.69 Å². The minimum atomic E-state index is 0.0625. The molecular formula is C21H24N2O2. The molecule has 1 heterocycles. The number of nitrogen functional groups attached to an aromatic ring is 1. The number of aromatic nitrogens is 1. The highest BCUT2D eigenvalue weighted by Gasteiger charge is 2.06. The molecule has 3 rings (SSSR count). The van der Waals surface area contributed by atoms with Crippen molar-refractivity contribution >= 4 is 16.5 Å². The number of hydrogen-bond acceptors (Lipinski definition) is 3. The molecule has 0 radical (unpaired) electrons. The summed E-state index contributed by atoms with van der Waals surface area (Å²) in [5.41, 5.74) is 7.62. The molecule has 0 unspecified atom stereocenters. The monoisotopic (exact) mass is 336 g/mol. The maximum absolute atomic E-state index is 12.7. The first kappa shape index (κ1) is 17.1. The van der Waals surface area contributed by atoms with E-state index in [2.05, 4.69) is 19.9 Å². The van der Waals surface area contributed by atoms with Crippen LogP contribution in [0.1, 0.15) is 31.7 Å². The normalized spacial score (nSPS) is 11.2. The Hall–Kier alpha value is -2.75. The van der Waals surface area contributed by atoms with Gasteiger partial charge in [0.05, 0.1) is 6.61 Å². The highest BCUT2D eigenvalue weighted by atomic mass is 16.5. The third-order valence-corrected chi connectivity index (χ3v) is 4.36. The summed E-state index contributed by atoms with van der Waals surface area (Å²) in [7, 11) is 0. The van der Waals surface area contributed by atoms with Crippen LogP contribution in [0.25, 0.3) is 10.8 Å². The van der Waals surface area contributed by atoms with Gasteiger partial charge in [-0.25, -0.2) is 0 Å². The summed E-state index contributed by atoms with van der Waals surface area (Å²) in [4.78, 5) is 12.7. The van der Waals surface area contributed by atoms with Crippen molar-refractivity contribution in [1.82, 2.24) is 4.57 Å². The van der Waals surface area contributed by atoms with Gasteiger partial charge in [-0.15, -0.1) is 0 Å². The van der Waals surface area contributed by atoms with E-state index in [1.165, 1.54) is 5.56 Å². The van der Waals surface area contributed by atoms with Crippen LogP contribution in [0.15, 0.2) is 59.5 Å². The first-order valence-electron chi connectivity index (χ1n) is 8.66. The molecule has 0 aliphatic rings. The molecule has 0 saturated carbocycles. The molecule has 0 spiro atoms. The van der Waals surface area contributed by atoms with Crippen LogP contribution in [-0.2, 0) is 6.54 Å². The molecule has 0 atom stereocenters. The Balaban J connectivity index is 1.68. The van der Waals surface area contributed by atoms with Gasteiger partial charge in [0.25, 0.3) is 5.56 Å². The molecule has 0 saturated heterocycles. The molecule has 2 aromatic carbocycles. The molecule has 0 bridgehead atoms. The molecular weight excluding hydrogens is 312 g/mol. The Kier molecular flexibility index (Phi) is 5.08. The van der Waals surface area contributed by atoms with Crippen molar-refractivity contribution in [2.24, 2.45) is 0 Å². The SMILES string of the molecule is CC(C)c1ccc2ccn(CCCOc3ccc(N)cc3)c(=O)c2c1. The van der Waals surface area contributed by atoms with E-state index in [-0.39, 0.29) is 5.56 Å². The van der Waals surface area contributed by atoms with Crippen molar-refractivity contribution in [2.75, 3.05) is 12.3 Å². The van der Waals surface area contributed by atoms with Crippen LogP contribution >= 0.6 is 0 Å². The maximum atomic E-state index is 12.7. The fraction of sp³-hybridized carbons (Fsp3) is 0.286. The van der Waals surface area contributed by atoms with Gasteiger partial charge in [-0.1, -0.05) is 26.0 Å². The first-order valence-corrected chi connectivity index (χ1v) is 8.66. The van der Waals surface area contributed by atoms with Crippen LogP contribution in [0.2, 0.25) is 0 Å². The van der Waals surface area contributed by atoms with Crippen molar-refractivity contribution in [2.45, 2.75) is 32.7 Å². The zero-order valence-corrected chi connectivity index (χ0v) is 14.7. The second kappa shape index (κ2) is 7.43. The minimum absolute atomic E-state index is 0.0625. The van der Waals surface area contributed by atoms with Crippen molar-refractivity contribution in [3.8, 4) is 5.75 Å². The Labute approximate surface area is 147 Å². The average molecular weight is 336 g/mol. The number of rotatable bonds is 6. The second-order valence-electron chi connectivity index (χ2n) is 6.59. The molecule has 1 aromatic heterocycles. The predicted octanol–water partition coefficient (Wildman–Crippen LogP) is 4.18. The van der Waals surface area contributed by atoms with E-state index in [9.17, 15) is 4.79 Å². The number of ether oxygens (including phenoxy) is 1. The molecule has 0 amide bonds. The summed E-state index contributed by atoms with van der Waals surface area (Å²) in [6.45, 7) is 5.46. The smallest absolute Gasteiger partial charge is 0.258 e. The zero-order valence-electron chi connectivity index (χ0n) is 14.7. The molecule has 130 valence electrons. The van der Waals surface area contributed by atoms with E-state index in [4.69, 9.17) is 10.5 Å². The molecule has 0 aliphatic heterocycles. The molecule has 4 heteroatoms. The lowest BCUT2D eigenvalue weighted by atomic mass is 10.0. The maximum Gasteiger partial charge on any atom is 0.258 e. The number of nitrogens with zero attached hydrogens (tertiary/aromatic N) is 1. The molecule has 0 fully saturated rings. The summed E-state index contributed by atoms with van der Waals surface area (Å²) in [6.07, 6.45) is 2.63. The molecule has 4 nitrogen and oxygen atoms in total. The lowest BCUT2D eigenvalue weighted by Crippen LogP contribution is -2.20. The number of pyridine rings is 1. The number of fused-ring (bicyclic) bond motifs is 1. The lowest BCUT2D eigenvalue weighted by Gasteiger charge is -2.11. The highest BCUT2D eigenvalue weighted by molar-refractivity contribution is 5.82. The van der Waals surface area contributed by atoms with Crippen LogP contribution < -0.4 is 16.0 Å². The topological polar surface area (TPSA) is 57.2 Å². The van der Waals surface area contributed by atoms with E-state index < -0.39 is 0 Å². The molecule has 25 heavy (non-hydrogen) atoms. The average Bonchev–Trinajstić information content (AvgIpc) is 2.61. The number of benzene rings is 2. The van der Waals surface area contributed by atoms with Gasteiger partial charge in [0.15, 0.2) is 0 Å². The quantitative estimate of drug-likeness (QED) is 0.543. The number of hydrogen-bond donors (Lipinski definition) is 1. The van der Waals surface area contributed by atoms with Gasteiger partial charge in [-0.05, 0) is 59.7 Å². The summed E-state index contributed by atoms with van der Waals surface area (Å²) >= 11 is 0. The van der Waals surface area contributed by atoms with Gasteiger partial charge >= 0.3 is 0 Å². The summed E-state index contributed by atoms with van der Waals surface area (Å²) in [5.74, 6) is 1.20. The highest BCUT2D eigenvalue weighted by Crippen LogP contribution is 2.19. The van der Waals surface area contributed by atoms with Crippen LogP contribution in [0, 0.1) is 0 Å². The van der Waals surface area contributed by atoms with Gasteiger partial charge in [0.2, 0.25) is 0 Å². The Morgan fingerprint density at radius 1 is 1.08 bits per heavy atom. The minimum Gasteiger partial charge on any atom is -0.494 e. The van der Waals surface area contributed by atoms with E-state index >= 15 is 0 Å². The Morgan fingerprint density at radius 2 is 1.84 bits per heavy atom. The van der Waals surface area contributed by atoms with E-state index in [1.54, 1.807) is 4.57 Å². The Morgan fingerprint density at radius 3 is 2.56 bits per heavy atom. The fourth-order valence-electron chi connectivity index (χ4n) is 2.82. The summed E-state index contributed by atoms with van der Waals surface area (Å²) in [6, 6.07) is 15.5. The zero-order chi connectivity index (χ0) is 17.8. The fourth-order valence-corrected chi connectivity index (χ4v) is 2.82. The van der Waals surface area contributed by atoms with Gasteiger partial charge in [-0.2, -0.15) is 0 Å². The van der Waals surface area contributed by atoms with Crippen molar-refractivity contribution < 1.29 is 4.74 Å². The van der Waals surface area contributed by atoms with Gasteiger partial charge in [0, 0.05) is 23.8 Å². The van der Waals surface area contributed by atoms with Crippen LogP contribution in [-0.4, -0.2) is 11.2 Å². The lowest BCUT2D eigenvalue weighted by molar-refractivity contribution is 0.301. The first-order chi connectivity index (χ1) is 12.0. The Bertz CT molecular complexity index is 911. The van der Waals surface area contributed by atoms with Crippen molar-refractivity contribution in [1.29, 1.82) is 0 Å². The number of anilines is 1. The van der Waals surface area contributed by atoms with Crippen LogP contribution in [0.5, 0.6) is 5.75 Å². The van der Waals surface area contributed by atoms with Crippen molar-refractivity contribution in [3.05, 3.63) is 70.6 Å².